The molecule has 5 nitrogen and oxygen atoms in total. The second-order valence-electron chi connectivity index (χ2n) is 6.72. The number of nitrogens with one attached hydrogen (secondary N) is 1. The van der Waals surface area contributed by atoms with Crippen molar-refractivity contribution in [3.63, 3.8) is 0 Å². The van der Waals surface area contributed by atoms with E-state index in [1.54, 1.807) is 6.20 Å². The first-order valence-corrected chi connectivity index (χ1v) is 8.93. The molecule has 1 N–H and O–H groups in total. The average Bonchev–Trinajstić information content (AvgIpc) is 3.04. The van der Waals surface area contributed by atoms with Crippen molar-refractivity contribution in [1.29, 1.82) is 0 Å². The zero-order valence-corrected chi connectivity index (χ0v) is 14.4. The Bertz CT molecular complexity index is 909. The molecule has 1 saturated carbocycles. The Kier molecular flexibility index (Phi) is 4.22. The highest BCUT2D eigenvalue weighted by Crippen LogP contribution is 2.29. The molecular weight excluding hydrogens is 312 g/mol. The van der Waals surface area contributed by atoms with E-state index in [-0.39, 0.29) is 5.91 Å². The molecule has 1 aromatic carbocycles. The first-order chi connectivity index (χ1) is 12.2. The van der Waals surface area contributed by atoms with E-state index in [2.05, 4.69) is 15.4 Å². The maximum absolute atomic E-state index is 12.7. The molecule has 25 heavy (non-hydrogen) atoms. The molecule has 128 valence electrons. The Morgan fingerprint density at radius 1 is 1.12 bits per heavy atom. The number of nitrogens with zero attached hydrogens (tertiary/aromatic N) is 3. The smallest absolute Gasteiger partial charge is 0.260 e. The molecule has 2 heterocycles. The van der Waals surface area contributed by atoms with E-state index in [1.165, 1.54) is 19.3 Å². The van der Waals surface area contributed by atoms with Gasteiger partial charge in [-0.05, 0) is 38.0 Å². The zero-order chi connectivity index (χ0) is 17.2. The first-order valence-electron chi connectivity index (χ1n) is 8.93. The summed E-state index contributed by atoms with van der Waals surface area (Å²) in [7, 11) is 0. The standard InChI is InChI=1S/C20H22N4O/c1-14-17(13-21-24(14)16-8-3-2-4-9-16)20(25)23-19-12-11-15-7-5-6-10-18(15)22-19/h5-7,10-13,16H,2-4,8-9H2,1H3,(H,22,23,25). The van der Waals surface area contributed by atoms with Crippen molar-refractivity contribution in [3.8, 4) is 0 Å². The summed E-state index contributed by atoms with van der Waals surface area (Å²) in [6, 6.07) is 12.1. The number of rotatable bonds is 3. The largest absolute Gasteiger partial charge is 0.306 e. The lowest BCUT2D eigenvalue weighted by Crippen LogP contribution is -2.17. The van der Waals surface area contributed by atoms with Crippen LogP contribution in [0.15, 0.2) is 42.6 Å². The van der Waals surface area contributed by atoms with Gasteiger partial charge in [-0.1, -0.05) is 37.5 Å². The minimum Gasteiger partial charge on any atom is -0.306 e. The molecule has 4 rings (SSSR count). The Morgan fingerprint density at radius 2 is 1.92 bits per heavy atom. The summed E-state index contributed by atoms with van der Waals surface area (Å²) in [6.07, 6.45) is 7.77. The summed E-state index contributed by atoms with van der Waals surface area (Å²) in [6.45, 7) is 1.98. The van der Waals surface area contributed by atoms with Gasteiger partial charge >= 0.3 is 0 Å². The number of para-hydroxylation sites is 1. The molecule has 0 bridgehead atoms. The average molecular weight is 334 g/mol. The molecule has 3 aromatic rings. The minimum absolute atomic E-state index is 0.151. The van der Waals surface area contributed by atoms with E-state index in [0.717, 1.165) is 29.4 Å². The van der Waals surface area contributed by atoms with Gasteiger partial charge in [-0.3, -0.25) is 9.48 Å². The number of benzene rings is 1. The molecule has 0 saturated heterocycles. The van der Waals surface area contributed by atoms with Gasteiger partial charge in [-0.25, -0.2) is 4.98 Å². The molecule has 1 aliphatic rings. The van der Waals surface area contributed by atoms with Gasteiger partial charge in [0, 0.05) is 11.1 Å². The molecule has 1 amide bonds. The van der Waals surface area contributed by atoms with Gasteiger partial charge in [0.05, 0.1) is 23.3 Å². The number of amides is 1. The van der Waals surface area contributed by atoms with E-state index in [9.17, 15) is 4.79 Å². The molecule has 5 heteroatoms. The normalized spacial score (nSPS) is 15.4. The Balaban J connectivity index is 1.55. The maximum atomic E-state index is 12.7. The fourth-order valence-corrected chi connectivity index (χ4v) is 3.66. The minimum atomic E-state index is -0.151. The van der Waals surface area contributed by atoms with Gasteiger partial charge in [-0.15, -0.1) is 0 Å². The lowest BCUT2D eigenvalue weighted by Gasteiger charge is -2.23. The van der Waals surface area contributed by atoms with Crippen LogP contribution in [0.5, 0.6) is 0 Å². The Morgan fingerprint density at radius 3 is 2.76 bits per heavy atom. The van der Waals surface area contributed by atoms with Crippen LogP contribution in [-0.4, -0.2) is 20.7 Å². The number of carbonyl (C=O) groups excluding carboxylic acids is 1. The van der Waals surface area contributed by atoms with Crippen LogP contribution in [0.25, 0.3) is 10.9 Å². The summed E-state index contributed by atoms with van der Waals surface area (Å²) in [5.41, 5.74) is 2.43. The van der Waals surface area contributed by atoms with E-state index in [1.807, 2.05) is 48.0 Å². The van der Waals surface area contributed by atoms with Gasteiger partial charge in [0.15, 0.2) is 0 Å². The molecule has 1 aliphatic carbocycles. The quantitative estimate of drug-likeness (QED) is 0.767. The second kappa shape index (κ2) is 6.67. The van der Waals surface area contributed by atoms with Crippen molar-refractivity contribution in [2.45, 2.75) is 45.1 Å². The molecule has 0 aliphatic heterocycles. The summed E-state index contributed by atoms with van der Waals surface area (Å²) in [5, 5.41) is 8.45. The predicted molar refractivity (Wildman–Crippen MR) is 98.8 cm³/mol. The topological polar surface area (TPSA) is 59.8 Å². The number of pyridine rings is 1. The highest BCUT2D eigenvalue weighted by atomic mass is 16.1. The first kappa shape index (κ1) is 15.8. The molecular formula is C20H22N4O. The van der Waals surface area contributed by atoms with Crippen LogP contribution in [0.2, 0.25) is 0 Å². The van der Waals surface area contributed by atoms with Crippen LogP contribution in [0.4, 0.5) is 5.82 Å². The maximum Gasteiger partial charge on any atom is 0.260 e. The van der Waals surface area contributed by atoms with Crippen molar-refractivity contribution in [1.82, 2.24) is 14.8 Å². The van der Waals surface area contributed by atoms with Gasteiger partial charge < -0.3 is 5.32 Å². The predicted octanol–water partition coefficient (Wildman–Crippen LogP) is 4.50. The van der Waals surface area contributed by atoms with Crippen LogP contribution in [0, 0.1) is 6.92 Å². The second-order valence-corrected chi connectivity index (χ2v) is 6.72. The summed E-state index contributed by atoms with van der Waals surface area (Å²) in [4.78, 5) is 17.2. The third kappa shape index (κ3) is 3.14. The molecule has 0 spiro atoms. The SMILES string of the molecule is Cc1c(C(=O)Nc2ccc3ccccc3n2)cnn1C1CCCCC1. The number of aromatic nitrogens is 3. The highest BCUT2D eigenvalue weighted by Gasteiger charge is 2.21. The lowest BCUT2D eigenvalue weighted by atomic mass is 9.95. The van der Waals surface area contributed by atoms with E-state index >= 15 is 0 Å². The van der Waals surface area contributed by atoms with Crippen molar-refractivity contribution in [2.75, 3.05) is 5.32 Å². The van der Waals surface area contributed by atoms with Gasteiger partial charge in [0.1, 0.15) is 5.82 Å². The molecule has 2 aromatic heterocycles. The number of hydrogen-bond acceptors (Lipinski definition) is 3. The molecule has 1 fully saturated rings. The molecule has 0 radical (unpaired) electrons. The number of anilines is 1. The van der Waals surface area contributed by atoms with Gasteiger partial charge in [0.25, 0.3) is 5.91 Å². The van der Waals surface area contributed by atoms with E-state index in [0.29, 0.717) is 17.4 Å². The van der Waals surface area contributed by atoms with Crippen LogP contribution in [-0.2, 0) is 0 Å². The van der Waals surface area contributed by atoms with Crippen molar-refractivity contribution in [2.24, 2.45) is 0 Å². The lowest BCUT2D eigenvalue weighted by molar-refractivity contribution is 0.102. The van der Waals surface area contributed by atoms with Crippen LogP contribution >= 0.6 is 0 Å². The Hall–Kier alpha value is -2.69. The van der Waals surface area contributed by atoms with Gasteiger partial charge in [-0.2, -0.15) is 5.10 Å². The van der Waals surface area contributed by atoms with Crippen LogP contribution in [0.3, 0.4) is 0 Å². The van der Waals surface area contributed by atoms with Crippen molar-refractivity contribution in [3.05, 3.63) is 53.9 Å². The fraction of sp³-hybridized carbons (Fsp3) is 0.350. The zero-order valence-electron chi connectivity index (χ0n) is 14.4. The number of carbonyl (C=O) groups is 1. The Labute approximate surface area is 147 Å². The third-order valence-corrected chi connectivity index (χ3v) is 5.05. The molecule has 0 unspecified atom stereocenters. The van der Waals surface area contributed by atoms with E-state index in [4.69, 9.17) is 0 Å². The van der Waals surface area contributed by atoms with Crippen molar-refractivity contribution >= 4 is 22.6 Å². The van der Waals surface area contributed by atoms with Gasteiger partial charge in [0.2, 0.25) is 0 Å². The fourth-order valence-electron chi connectivity index (χ4n) is 3.66. The van der Waals surface area contributed by atoms with Crippen molar-refractivity contribution < 1.29 is 4.79 Å². The highest BCUT2D eigenvalue weighted by molar-refractivity contribution is 6.04. The summed E-state index contributed by atoms with van der Waals surface area (Å²) < 4.78 is 2.03. The molecule has 0 atom stereocenters. The third-order valence-electron chi connectivity index (χ3n) is 5.05. The van der Waals surface area contributed by atoms with E-state index < -0.39 is 0 Å². The summed E-state index contributed by atoms with van der Waals surface area (Å²) >= 11 is 0. The van der Waals surface area contributed by atoms with Crippen LogP contribution in [0.1, 0.15) is 54.2 Å². The number of fused-ring (bicyclic) bond motifs is 1. The number of hydrogen-bond donors (Lipinski definition) is 1. The monoisotopic (exact) mass is 334 g/mol. The van der Waals surface area contributed by atoms with Crippen LogP contribution < -0.4 is 5.32 Å². The summed E-state index contributed by atoms with van der Waals surface area (Å²) in [5.74, 6) is 0.413.